The number of aromatic hydroxyl groups is 1. The number of carbonyl (C=O) groups excluding carboxylic acids is 1. The summed E-state index contributed by atoms with van der Waals surface area (Å²) in [5.74, 6) is 0.437. The van der Waals surface area contributed by atoms with Crippen molar-refractivity contribution >= 4 is 12.1 Å². The Kier molecular flexibility index (Phi) is 5.62. The summed E-state index contributed by atoms with van der Waals surface area (Å²) < 4.78 is 5.46. The van der Waals surface area contributed by atoms with Crippen LogP contribution in [0.3, 0.4) is 0 Å². The van der Waals surface area contributed by atoms with E-state index in [0.717, 1.165) is 16.7 Å². The summed E-state index contributed by atoms with van der Waals surface area (Å²) in [6.45, 7) is -0.127. The van der Waals surface area contributed by atoms with Gasteiger partial charge in [0.2, 0.25) is 0 Å². The molecule has 1 amide bonds. The highest BCUT2D eigenvalue weighted by molar-refractivity contribution is 5.83. The number of ether oxygens (including phenoxy) is 1. The maximum atomic E-state index is 11.8. The molecule has 3 aromatic rings. The standard InChI is InChI=1S/C21H18N2O3/c24-19-10-6-16(7-11-19)14-22-23-21(25)15-26-20-12-8-18(9-13-20)17-4-2-1-3-5-17/h1-14,24H,15H2,(H,23,25)/b22-14-. The average molecular weight is 346 g/mol. The van der Waals surface area contributed by atoms with E-state index in [2.05, 4.69) is 10.5 Å². The molecule has 130 valence electrons. The summed E-state index contributed by atoms with van der Waals surface area (Å²) in [6, 6.07) is 24.1. The van der Waals surface area contributed by atoms with Crippen LogP contribution < -0.4 is 10.2 Å². The van der Waals surface area contributed by atoms with Crippen molar-refractivity contribution in [1.29, 1.82) is 0 Å². The fraction of sp³-hybridized carbons (Fsp3) is 0.0476. The average Bonchev–Trinajstić information content (AvgIpc) is 2.69. The molecule has 0 bridgehead atoms. The maximum absolute atomic E-state index is 11.8. The lowest BCUT2D eigenvalue weighted by Crippen LogP contribution is -2.24. The number of phenolic OH excluding ortho intramolecular Hbond substituents is 1. The van der Waals surface area contributed by atoms with E-state index in [0.29, 0.717) is 5.75 Å². The molecule has 0 aliphatic heterocycles. The summed E-state index contributed by atoms with van der Waals surface area (Å²) in [5, 5.41) is 13.1. The van der Waals surface area contributed by atoms with E-state index >= 15 is 0 Å². The number of carbonyl (C=O) groups is 1. The molecule has 26 heavy (non-hydrogen) atoms. The first kappa shape index (κ1) is 17.2. The van der Waals surface area contributed by atoms with Crippen molar-refractivity contribution in [2.45, 2.75) is 0 Å². The van der Waals surface area contributed by atoms with Gasteiger partial charge in [-0.25, -0.2) is 5.43 Å². The van der Waals surface area contributed by atoms with Crippen molar-refractivity contribution in [1.82, 2.24) is 5.43 Å². The van der Waals surface area contributed by atoms with Crippen LogP contribution in [-0.4, -0.2) is 23.8 Å². The van der Waals surface area contributed by atoms with Crippen molar-refractivity contribution in [2.75, 3.05) is 6.61 Å². The Morgan fingerprint density at radius 3 is 2.27 bits per heavy atom. The molecule has 2 N–H and O–H groups in total. The first-order valence-corrected chi connectivity index (χ1v) is 8.10. The molecule has 0 heterocycles. The third kappa shape index (κ3) is 4.95. The summed E-state index contributed by atoms with van der Waals surface area (Å²) >= 11 is 0. The summed E-state index contributed by atoms with van der Waals surface area (Å²) in [4.78, 5) is 11.8. The molecule has 5 heteroatoms. The van der Waals surface area contributed by atoms with Gasteiger partial charge in [0.05, 0.1) is 6.21 Å². The lowest BCUT2D eigenvalue weighted by Gasteiger charge is -2.06. The number of hydrazone groups is 1. The van der Waals surface area contributed by atoms with Gasteiger partial charge in [-0.2, -0.15) is 5.10 Å². The molecule has 3 rings (SSSR count). The molecule has 0 fully saturated rings. The fourth-order valence-electron chi connectivity index (χ4n) is 2.29. The quantitative estimate of drug-likeness (QED) is 0.529. The third-order valence-corrected chi connectivity index (χ3v) is 3.63. The van der Waals surface area contributed by atoms with Crippen LogP contribution >= 0.6 is 0 Å². The number of hydrogen-bond donors (Lipinski definition) is 2. The van der Waals surface area contributed by atoms with Crippen LogP contribution in [-0.2, 0) is 4.79 Å². The SMILES string of the molecule is O=C(COc1ccc(-c2ccccc2)cc1)N/N=C\c1ccc(O)cc1. The lowest BCUT2D eigenvalue weighted by molar-refractivity contribution is -0.123. The second-order valence-corrected chi connectivity index (χ2v) is 5.56. The topological polar surface area (TPSA) is 70.9 Å². The van der Waals surface area contributed by atoms with Crippen LogP contribution in [0.15, 0.2) is 84.0 Å². The van der Waals surface area contributed by atoms with Gasteiger partial charge >= 0.3 is 0 Å². The Hall–Kier alpha value is -3.60. The fourth-order valence-corrected chi connectivity index (χ4v) is 2.29. The zero-order chi connectivity index (χ0) is 18.2. The Labute approximate surface area is 151 Å². The van der Waals surface area contributed by atoms with Gasteiger partial charge in [-0.15, -0.1) is 0 Å². The Morgan fingerprint density at radius 1 is 0.923 bits per heavy atom. The zero-order valence-corrected chi connectivity index (χ0v) is 14.0. The molecule has 0 radical (unpaired) electrons. The smallest absolute Gasteiger partial charge is 0.277 e. The van der Waals surface area contributed by atoms with Gasteiger partial charge in [-0.05, 0) is 53.1 Å². The Bertz CT molecular complexity index is 873. The van der Waals surface area contributed by atoms with Gasteiger partial charge in [0.25, 0.3) is 5.91 Å². The van der Waals surface area contributed by atoms with Crippen LogP contribution in [0, 0.1) is 0 Å². The van der Waals surface area contributed by atoms with Crippen molar-refractivity contribution in [3.05, 3.63) is 84.4 Å². The molecule has 5 nitrogen and oxygen atoms in total. The molecule has 3 aromatic carbocycles. The van der Waals surface area contributed by atoms with E-state index in [4.69, 9.17) is 4.74 Å². The number of benzene rings is 3. The van der Waals surface area contributed by atoms with Gasteiger partial charge in [0.15, 0.2) is 6.61 Å². The number of nitrogens with zero attached hydrogens (tertiary/aromatic N) is 1. The number of phenols is 1. The van der Waals surface area contributed by atoms with Crippen molar-refractivity contribution < 1.29 is 14.6 Å². The highest BCUT2D eigenvalue weighted by Crippen LogP contribution is 2.21. The van der Waals surface area contributed by atoms with Gasteiger partial charge in [-0.1, -0.05) is 42.5 Å². The zero-order valence-electron chi connectivity index (χ0n) is 14.0. The first-order valence-electron chi connectivity index (χ1n) is 8.10. The number of amides is 1. The largest absolute Gasteiger partial charge is 0.508 e. The predicted octanol–water partition coefficient (Wildman–Crippen LogP) is 3.59. The second-order valence-electron chi connectivity index (χ2n) is 5.56. The lowest BCUT2D eigenvalue weighted by atomic mass is 10.1. The highest BCUT2D eigenvalue weighted by Gasteiger charge is 2.02. The number of hydrogen-bond acceptors (Lipinski definition) is 4. The van der Waals surface area contributed by atoms with Gasteiger partial charge < -0.3 is 9.84 Å². The van der Waals surface area contributed by atoms with E-state index in [9.17, 15) is 9.90 Å². The van der Waals surface area contributed by atoms with Crippen molar-refractivity contribution in [2.24, 2.45) is 5.10 Å². The minimum Gasteiger partial charge on any atom is -0.508 e. The molecule has 0 aromatic heterocycles. The van der Waals surface area contributed by atoms with E-state index in [-0.39, 0.29) is 18.3 Å². The monoisotopic (exact) mass is 346 g/mol. The van der Waals surface area contributed by atoms with E-state index < -0.39 is 0 Å². The van der Waals surface area contributed by atoms with Crippen molar-refractivity contribution in [3.63, 3.8) is 0 Å². The molecule has 0 aliphatic rings. The van der Waals surface area contributed by atoms with E-state index in [1.54, 1.807) is 24.3 Å². The van der Waals surface area contributed by atoms with Crippen LogP contribution in [0.25, 0.3) is 11.1 Å². The van der Waals surface area contributed by atoms with Crippen LogP contribution in [0.5, 0.6) is 11.5 Å². The Balaban J connectivity index is 1.47. The molecule has 0 aliphatic carbocycles. The number of nitrogens with one attached hydrogen (secondary N) is 1. The minimum absolute atomic E-state index is 0.127. The van der Waals surface area contributed by atoms with Crippen LogP contribution in [0.4, 0.5) is 0 Å². The van der Waals surface area contributed by atoms with E-state index in [1.807, 2.05) is 54.6 Å². The maximum Gasteiger partial charge on any atom is 0.277 e. The number of rotatable bonds is 6. The highest BCUT2D eigenvalue weighted by atomic mass is 16.5. The third-order valence-electron chi connectivity index (χ3n) is 3.63. The predicted molar refractivity (Wildman–Crippen MR) is 101 cm³/mol. The first-order chi connectivity index (χ1) is 12.7. The summed E-state index contributed by atoms with van der Waals surface area (Å²) in [6.07, 6.45) is 1.49. The molecular formula is C21H18N2O3. The van der Waals surface area contributed by atoms with Crippen LogP contribution in [0.2, 0.25) is 0 Å². The Morgan fingerprint density at radius 2 is 1.58 bits per heavy atom. The van der Waals surface area contributed by atoms with Gasteiger partial charge in [-0.3, -0.25) is 4.79 Å². The second kappa shape index (κ2) is 8.48. The molecule has 0 saturated carbocycles. The van der Waals surface area contributed by atoms with Gasteiger partial charge in [0.1, 0.15) is 11.5 Å². The minimum atomic E-state index is -0.354. The van der Waals surface area contributed by atoms with Gasteiger partial charge in [0, 0.05) is 0 Å². The van der Waals surface area contributed by atoms with Crippen LogP contribution in [0.1, 0.15) is 5.56 Å². The summed E-state index contributed by atoms with van der Waals surface area (Å²) in [7, 11) is 0. The molecule has 0 saturated heterocycles. The van der Waals surface area contributed by atoms with E-state index in [1.165, 1.54) is 6.21 Å². The summed E-state index contributed by atoms with van der Waals surface area (Å²) in [5.41, 5.74) is 5.37. The normalized spacial score (nSPS) is 10.6. The molecule has 0 atom stereocenters. The van der Waals surface area contributed by atoms with Crippen molar-refractivity contribution in [3.8, 4) is 22.6 Å². The molecule has 0 spiro atoms. The molecule has 0 unspecified atom stereocenters. The molecular weight excluding hydrogens is 328 g/mol.